The van der Waals surface area contributed by atoms with E-state index in [4.69, 9.17) is 4.74 Å². The highest BCUT2D eigenvalue weighted by molar-refractivity contribution is 5.85. The summed E-state index contributed by atoms with van der Waals surface area (Å²) in [6, 6.07) is 1.87. The number of alkyl halides is 3. The zero-order valence-corrected chi connectivity index (χ0v) is 17.4. The van der Waals surface area contributed by atoms with E-state index in [2.05, 4.69) is 11.7 Å². The van der Waals surface area contributed by atoms with Crippen LogP contribution in [0.15, 0.2) is 42.8 Å². The lowest BCUT2D eigenvalue weighted by atomic mass is 9.92. The molecule has 1 aromatic heterocycles. The number of carbonyl (C=O) groups is 1. The Morgan fingerprint density at radius 3 is 2.53 bits per heavy atom. The number of piperidine rings is 1. The minimum Gasteiger partial charge on any atom is -0.497 e. The van der Waals surface area contributed by atoms with Gasteiger partial charge >= 0.3 is 6.18 Å². The summed E-state index contributed by atoms with van der Waals surface area (Å²) in [7, 11) is 1.53. The Balaban J connectivity index is 2.15. The average molecular weight is 427 g/mol. The van der Waals surface area contributed by atoms with E-state index in [1.165, 1.54) is 7.11 Å². The van der Waals surface area contributed by atoms with Crippen LogP contribution in [0, 0.1) is 0 Å². The second kappa shape index (κ2) is 9.51. The van der Waals surface area contributed by atoms with Crippen molar-refractivity contribution < 1.29 is 27.8 Å². The Morgan fingerprint density at radius 1 is 1.37 bits per heavy atom. The molecule has 1 amide bonds. The Kier molecular flexibility index (Phi) is 7.52. The van der Waals surface area contributed by atoms with Crippen molar-refractivity contribution in [3.8, 4) is 0 Å². The van der Waals surface area contributed by atoms with Crippen LogP contribution >= 0.6 is 0 Å². The molecule has 1 atom stereocenters. The third kappa shape index (κ3) is 5.13. The van der Waals surface area contributed by atoms with Gasteiger partial charge in [0, 0.05) is 30.9 Å². The number of hydrogen-bond donors (Lipinski definition) is 1. The number of methoxy groups -OCH3 is 1. The van der Waals surface area contributed by atoms with Crippen molar-refractivity contribution in [3.63, 3.8) is 0 Å². The Bertz CT molecular complexity index is 817. The van der Waals surface area contributed by atoms with Crippen molar-refractivity contribution in [2.45, 2.75) is 50.8 Å². The summed E-state index contributed by atoms with van der Waals surface area (Å²) in [5.74, 6) is -0.796. The highest BCUT2D eigenvalue weighted by Crippen LogP contribution is 2.35. The fourth-order valence-corrected chi connectivity index (χ4v) is 3.33. The summed E-state index contributed by atoms with van der Waals surface area (Å²) in [6.07, 6.45) is 3.94. The fraction of sp³-hybridized carbons (Fsp3) is 0.524. The van der Waals surface area contributed by atoms with Crippen LogP contribution in [0.5, 0.6) is 0 Å². The van der Waals surface area contributed by atoms with Gasteiger partial charge in [-0.3, -0.25) is 4.79 Å². The largest absolute Gasteiger partial charge is 0.497 e. The number of ether oxygens (including phenoxy) is 1. The zero-order chi connectivity index (χ0) is 22.5. The SMILES string of the molecule is C=C(C=CC(=CCC)n1nccc1C1CCN(C(=O)C(C)(O)C(F)(F)F)CC1)OC. The third-order valence-electron chi connectivity index (χ3n) is 5.20. The molecule has 2 rings (SSSR count). The van der Waals surface area contributed by atoms with Crippen molar-refractivity contribution in [3.05, 3.63) is 48.5 Å². The topological polar surface area (TPSA) is 67.6 Å². The Hall–Kier alpha value is -2.55. The van der Waals surface area contributed by atoms with Gasteiger partial charge in [0.25, 0.3) is 5.91 Å². The Labute approximate surface area is 174 Å². The molecule has 0 spiro atoms. The van der Waals surface area contributed by atoms with Gasteiger partial charge in [0.2, 0.25) is 5.60 Å². The number of nitrogens with zero attached hydrogens (tertiary/aromatic N) is 3. The van der Waals surface area contributed by atoms with E-state index in [-0.39, 0.29) is 19.0 Å². The molecule has 1 aliphatic rings. The molecular weight excluding hydrogens is 399 g/mol. The van der Waals surface area contributed by atoms with E-state index < -0.39 is 17.7 Å². The molecule has 0 aromatic carbocycles. The smallest absolute Gasteiger partial charge is 0.426 e. The molecule has 6 nitrogen and oxygen atoms in total. The van der Waals surface area contributed by atoms with Gasteiger partial charge in [0.05, 0.1) is 12.8 Å². The maximum Gasteiger partial charge on any atom is 0.426 e. The molecule has 9 heteroatoms. The molecule has 30 heavy (non-hydrogen) atoms. The van der Waals surface area contributed by atoms with Crippen molar-refractivity contribution >= 4 is 11.6 Å². The van der Waals surface area contributed by atoms with Gasteiger partial charge in [-0.15, -0.1) is 0 Å². The van der Waals surface area contributed by atoms with Gasteiger partial charge in [-0.05, 0) is 44.4 Å². The van der Waals surface area contributed by atoms with E-state index in [0.29, 0.717) is 25.5 Å². The van der Waals surface area contributed by atoms with Gasteiger partial charge in [-0.1, -0.05) is 19.6 Å². The number of carbonyl (C=O) groups excluding carboxylic acids is 1. The van der Waals surface area contributed by atoms with Crippen LogP contribution in [0.2, 0.25) is 0 Å². The maximum atomic E-state index is 13.0. The Morgan fingerprint density at radius 2 is 2.00 bits per heavy atom. The number of aromatic nitrogens is 2. The summed E-state index contributed by atoms with van der Waals surface area (Å²) in [5, 5.41) is 14.1. The van der Waals surface area contributed by atoms with Gasteiger partial charge < -0.3 is 14.7 Å². The first-order valence-corrected chi connectivity index (χ1v) is 9.76. The molecule has 0 bridgehead atoms. The van der Waals surface area contributed by atoms with Crippen molar-refractivity contribution in [1.82, 2.24) is 14.7 Å². The number of allylic oxidation sites excluding steroid dienone is 4. The summed E-state index contributed by atoms with van der Waals surface area (Å²) in [6.45, 7) is 6.51. The highest BCUT2D eigenvalue weighted by Gasteiger charge is 2.57. The van der Waals surface area contributed by atoms with E-state index >= 15 is 0 Å². The van der Waals surface area contributed by atoms with Crippen LogP contribution in [0.4, 0.5) is 13.2 Å². The summed E-state index contributed by atoms with van der Waals surface area (Å²) in [4.78, 5) is 13.3. The average Bonchev–Trinajstić information content (AvgIpc) is 3.19. The minimum atomic E-state index is -5.02. The predicted octanol–water partition coefficient (Wildman–Crippen LogP) is 3.87. The maximum absolute atomic E-state index is 13.0. The normalized spacial score (nSPS) is 18.5. The second-order valence-corrected chi connectivity index (χ2v) is 7.35. The van der Waals surface area contributed by atoms with E-state index in [1.807, 2.05) is 25.1 Å². The standard InChI is InChI=1S/C21H28F3N3O3/c1-5-6-17(8-7-15(2)30-4)27-18(9-12-25-27)16-10-13-26(14-11-16)19(28)20(3,29)21(22,23)24/h6-9,12,16,29H,2,5,10-11,13-14H2,1,3-4H3. The van der Waals surface area contributed by atoms with Gasteiger partial charge in [-0.2, -0.15) is 18.3 Å². The van der Waals surface area contributed by atoms with Crippen molar-refractivity contribution in [2.24, 2.45) is 0 Å². The lowest BCUT2D eigenvalue weighted by Crippen LogP contribution is -2.57. The first kappa shape index (κ1) is 23.7. The number of rotatable bonds is 7. The third-order valence-corrected chi connectivity index (χ3v) is 5.20. The highest BCUT2D eigenvalue weighted by atomic mass is 19.4. The monoisotopic (exact) mass is 427 g/mol. The molecule has 1 aromatic rings. The van der Waals surface area contributed by atoms with Gasteiger partial charge in [0.15, 0.2) is 0 Å². The quantitative estimate of drug-likeness (QED) is 0.530. The van der Waals surface area contributed by atoms with Crippen LogP contribution in [0.3, 0.4) is 0 Å². The first-order chi connectivity index (χ1) is 14.0. The molecule has 1 unspecified atom stereocenters. The summed E-state index contributed by atoms with van der Waals surface area (Å²) < 4.78 is 45.8. The molecule has 0 saturated carbocycles. The molecular formula is C21H28F3N3O3. The second-order valence-electron chi connectivity index (χ2n) is 7.35. The van der Waals surface area contributed by atoms with Crippen molar-refractivity contribution in [1.29, 1.82) is 0 Å². The van der Waals surface area contributed by atoms with E-state index in [1.54, 1.807) is 17.0 Å². The number of halogens is 3. The summed E-state index contributed by atoms with van der Waals surface area (Å²) in [5.41, 5.74) is -1.64. The van der Waals surface area contributed by atoms with Gasteiger partial charge in [0.1, 0.15) is 5.76 Å². The number of aliphatic hydroxyl groups is 1. The number of hydrogen-bond acceptors (Lipinski definition) is 4. The zero-order valence-electron chi connectivity index (χ0n) is 17.4. The van der Waals surface area contributed by atoms with E-state index in [0.717, 1.165) is 22.7 Å². The molecule has 2 heterocycles. The van der Waals surface area contributed by atoms with Crippen LogP contribution in [0.1, 0.15) is 44.7 Å². The van der Waals surface area contributed by atoms with E-state index in [9.17, 15) is 23.1 Å². The predicted molar refractivity (Wildman–Crippen MR) is 107 cm³/mol. The fourth-order valence-electron chi connectivity index (χ4n) is 3.33. The van der Waals surface area contributed by atoms with Crippen LogP contribution < -0.4 is 0 Å². The molecule has 1 aliphatic heterocycles. The van der Waals surface area contributed by atoms with Crippen LogP contribution in [0.25, 0.3) is 5.70 Å². The summed E-state index contributed by atoms with van der Waals surface area (Å²) >= 11 is 0. The minimum absolute atomic E-state index is 0.0201. The van der Waals surface area contributed by atoms with Gasteiger partial charge in [-0.25, -0.2) is 4.68 Å². The molecule has 1 saturated heterocycles. The first-order valence-electron chi connectivity index (χ1n) is 9.76. The lowest BCUT2D eigenvalue weighted by molar-refractivity contribution is -0.250. The molecule has 0 aliphatic carbocycles. The van der Waals surface area contributed by atoms with Crippen LogP contribution in [-0.4, -0.2) is 57.7 Å². The lowest BCUT2D eigenvalue weighted by Gasteiger charge is -2.36. The molecule has 1 N–H and O–H groups in total. The van der Waals surface area contributed by atoms with Crippen molar-refractivity contribution in [2.75, 3.05) is 20.2 Å². The number of likely N-dealkylation sites (tertiary alicyclic amines) is 1. The molecule has 1 fully saturated rings. The van der Waals surface area contributed by atoms with Crippen LogP contribution in [-0.2, 0) is 9.53 Å². The molecule has 166 valence electrons. The molecule has 0 radical (unpaired) electrons. The number of amides is 1.